The van der Waals surface area contributed by atoms with Crippen LogP contribution in [0.5, 0.6) is 0 Å². The molecule has 0 aliphatic rings. The monoisotopic (exact) mass is 352 g/mol. The molecule has 2 aromatic rings. The highest BCUT2D eigenvalue weighted by Crippen LogP contribution is 2.24. The number of carbonyl (C=O) groups excluding carboxylic acids is 1. The van der Waals surface area contributed by atoms with Crippen LogP contribution in [0.1, 0.15) is 11.1 Å². The molecule has 0 aliphatic carbocycles. The van der Waals surface area contributed by atoms with Crippen molar-refractivity contribution in [2.24, 2.45) is 0 Å². The predicted molar refractivity (Wildman–Crippen MR) is 98.0 cm³/mol. The molecule has 0 saturated heterocycles. The molecule has 2 rings (SSSR count). The molecule has 0 saturated carbocycles. The van der Waals surface area contributed by atoms with Crippen LogP contribution in [0.4, 0.5) is 5.69 Å². The zero-order valence-electron chi connectivity index (χ0n) is 14.3. The fourth-order valence-corrected chi connectivity index (χ4v) is 2.41. The largest absolute Gasteiger partial charge is 0.395 e. The summed E-state index contributed by atoms with van der Waals surface area (Å²) in [5.41, 5.74) is 1.06. The zero-order valence-corrected chi connectivity index (χ0v) is 14.3. The van der Waals surface area contributed by atoms with Gasteiger partial charge in [0, 0.05) is 24.8 Å². The molecule has 0 amide bonds. The van der Waals surface area contributed by atoms with Gasteiger partial charge in [0.1, 0.15) is 11.6 Å². The molecule has 0 unspecified atom stereocenters. The first-order chi connectivity index (χ1) is 12.4. The Balaban J connectivity index is 2.27. The van der Waals surface area contributed by atoms with Gasteiger partial charge in [0.2, 0.25) is 5.78 Å². The lowest BCUT2D eigenvalue weighted by Gasteiger charge is -2.20. The summed E-state index contributed by atoms with van der Waals surface area (Å²) in [4.78, 5) is 14.3. The number of nitriles is 1. The highest BCUT2D eigenvalue weighted by Gasteiger charge is 2.37. The molecule has 0 radical (unpaired) electrons. The third-order valence-electron chi connectivity index (χ3n) is 3.94. The number of nitrogens with zero attached hydrogens (tertiary/aromatic N) is 2. The average molecular weight is 352 g/mol. The first-order valence-electron chi connectivity index (χ1n) is 7.99. The molecule has 26 heavy (non-hydrogen) atoms. The second-order valence-electron chi connectivity index (χ2n) is 5.77. The van der Waals surface area contributed by atoms with Crippen LogP contribution >= 0.6 is 0 Å². The Hall–Kier alpha value is -2.98. The standard InChI is InChI=1S/C20H20N2O4/c1-22(11-12-23)18-9-7-15(8-10-18)13-16(14-21)19(24)20(25,26)17-5-3-2-4-6-17/h2-10,13,23,25-26H,11-12H2,1H3. The van der Waals surface area contributed by atoms with E-state index in [1.807, 2.05) is 11.9 Å². The summed E-state index contributed by atoms with van der Waals surface area (Å²) >= 11 is 0. The van der Waals surface area contributed by atoms with Crippen LogP contribution in [0, 0.1) is 11.3 Å². The number of Topliss-reactive ketones (excluding diaryl/α,β-unsaturated/α-hetero) is 1. The number of aliphatic hydroxyl groups is 3. The average Bonchev–Trinajstić information content (AvgIpc) is 2.67. The van der Waals surface area contributed by atoms with E-state index in [0.29, 0.717) is 12.1 Å². The predicted octanol–water partition coefficient (Wildman–Crippen LogP) is 1.43. The molecule has 0 spiro atoms. The molecule has 2 aromatic carbocycles. The lowest BCUT2D eigenvalue weighted by atomic mass is 9.95. The summed E-state index contributed by atoms with van der Waals surface area (Å²) in [6, 6.07) is 16.3. The van der Waals surface area contributed by atoms with Gasteiger partial charge in [-0.1, -0.05) is 42.5 Å². The van der Waals surface area contributed by atoms with Gasteiger partial charge in [-0.05, 0) is 23.8 Å². The number of rotatable bonds is 7. The molecular formula is C20H20N2O4. The van der Waals surface area contributed by atoms with Gasteiger partial charge in [-0.25, -0.2) is 0 Å². The van der Waals surface area contributed by atoms with Gasteiger partial charge >= 0.3 is 0 Å². The molecule has 3 N–H and O–H groups in total. The first-order valence-corrected chi connectivity index (χ1v) is 7.99. The maximum absolute atomic E-state index is 12.4. The number of ketones is 1. The maximum Gasteiger partial charge on any atom is 0.257 e. The second kappa shape index (κ2) is 8.41. The van der Waals surface area contributed by atoms with E-state index in [0.717, 1.165) is 5.69 Å². The summed E-state index contributed by atoms with van der Waals surface area (Å²) in [6.07, 6.45) is 1.31. The van der Waals surface area contributed by atoms with E-state index in [-0.39, 0.29) is 17.7 Å². The summed E-state index contributed by atoms with van der Waals surface area (Å²) in [6.45, 7) is 0.505. The highest BCUT2D eigenvalue weighted by molar-refractivity contribution is 6.07. The molecule has 0 aromatic heterocycles. The van der Waals surface area contributed by atoms with Crippen molar-refractivity contribution in [2.45, 2.75) is 5.79 Å². The summed E-state index contributed by atoms with van der Waals surface area (Å²) < 4.78 is 0. The third kappa shape index (κ3) is 4.35. The Bertz CT molecular complexity index is 821. The molecule has 0 fully saturated rings. The molecule has 0 atom stereocenters. The number of benzene rings is 2. The molecule has 134 valence electrons. The molecular weight excluding hydrogens is 332 g/mol. The first kappa shape index (κ1) is 19.3. The summed E-state index contributed by atoms with van der Waals surface area (Å²) in [7, 11) is 1.83. The van der Waals surface area contributed by atoms with Gasteiger partial charge in [-0.2, -0.15) is 5.26 Å². The minimum absolute atomic E-state index is 0.00729. The van der Waals surface area contributed by atoms with E-state index in [1.54, 1.807) is 48.5 Å². The van der Waals surface area contributed by atoms with E-state index in [4.69, 9.17) is 5.11 Å². The van der Waals surface area contributed by atoms with Crippen LogP contribution in [-0.4, -0.2) is 41.3 Å². The van der Waals surface area contributed by atoms with Crippen molar-refractivity contribution in [1.82, 2.24) is 0 Å². The lowest BCUT2D eigenvalue weighted by molar-refractivity contribution is -0.182. The van der Waals surface area contributed by atoms with Crippen LogP contribution in [0.2, 0.25) is 0 Å². The van der Waals surface area contributed by atoms with Crippen LogP contribution in [0.3, 0.4) is 0 Å². The van der Waals surface area contributed by atoms with E-state index < -0.39 is 11.6 Å². The second-order valence-corrected chi connectivity index (χ2v) is 5.77. The van der Waals surface area contributed by atoms with Gasteiger partial charge in [-0.3, -0.25) is 4.79 Å². The Morgan fingerprint density at radius 1 is 1.15 bits per heavy atom. The van der Waals surface area contributed by atoms with Gasteiger partial charge in [0.05, 0.1) is 6.61 Å². The third-order valence-corrected chi connectivity index (χ3v) is 3.94. The number of anilines is 1. The number of aliphatic hydroxyl groups excluding tert-OH is 1. The molecule has 0 aliphatic heterocycles. The Morgan fingerprint density at radius 3 is 2.31 bits per heavy atom. The molecule has 6 nitrogen and oxygen atoms in total. The van der Waals surface area contributed by atoms with Crippen molar-refractivity contribution < 1.29 is 20.1 Å². The Morgan fingerprint density at radius 2 is 1.77 bits per heavy atom. The fraction of sp³-hybridized carbons (Fsp3) is 0.200. The van der Waals surface area contributed by atoms with E-state index in [1.165, 1.54) is 18.2 Å². The summed E-state index contributed by atoms with van der Waals surface area (Å²) in [5.74, 6) is -3.86. The quantitative estimate of drug-likeness (QED) is 0.396. The number of carbonyl (C=O) groups is 1. The summed E-state index contributed by atoms with van der Waals surface area (Å²) in [5, 5.41) is 38.6. The van der Waals surface area contributed by atoms with E-state index in [9.17, 15) is 20.3 Å². The SMILES string of the molecule is CN(CCO)c1ccc(C=C(C#N)C(=O)C(O)(O)c2ccccc2)cc1. The van der Waals surface area contributed by atoms with Crippen molar-refractivity contribution >= 4 is 17.5 Å². The Labute approximate surface area is 151 Å². The van der Waals surface area contributed by atoms with Crippen molar-refractivity contribution in [1.29, 1.82) is 5.26 Å². The van der Waals surface area contributed by atoms with Crippen molar-refractivity contribution in [3.05, 3.63) is 71.3 Å². The lowest BCUT2D eigenvalue weighted by Crippen LogP contribution is -2.36. The van der Waals surface area contributed by atoms with Crippen molar-refractivity contribution in [3.8, 4) is 6.07 Å². The Kier molecular flexibility index (Phi) is 6.26. The highest BCUT2D eigenvalue weighted by atomic mass is 16.5. The fourth-order valence-electron chi connectivity index (χ4n) is 2.41. The van der Waals surface area contributed by atoms with Gasteiger partial charge < -0.3 is 20.2 Å². The molecule has 6 heteroatoms. The minimum atomic E-state index is -2.77. The normalized spacial score (nSPS) is 11.7. The van der Waals surface area contributed by atoms with Crippen LogP contribution in [0.15, 0.2) is 60.2 Å². The smallest absolute Gasteiger partial charge is 0.257 e. The van der Waals surface area contributed by atoms with E-state index in [2.05, 4.69) is 0 Å². The van der Waals surface area contributed by atoms with Crippen molar-refractivity contribution in [3.63, 3.8) is 0 Å². The number of likely N-dealkylation sites (N-methyl/N-ethyl adjacent to an activating group) is 1. The van der Waals surface area contributed by atoms with Gasteiger partial charge in [0.25, 0.3) is 5.79 Å². The number of hydrogen-bond donors (Lipinski definition) is 3. The molecule has 0 bridgehead atoms. The van der Waals surface area contributed by atoms with Gasteiger partial charge in [-0.15, -0.1) is 0 Å². The van der Waals surface area contributed by atoms with Crippen molar-refractivity contribution in [2.75, 3.05) is 25.1 Å². The number of hydrogen-bond acceptors (Lipinski definition) is 6. The van der Waals surface area contributed by atoms with E-state index >= 15 is 0 Å². The van der Waals surface area contributed by atoms with Gasteiger partial charge in [0.15, 0.2) is 0 Å². The minimum Gasteiger partial charge on any atom is -0.395 e. The van der Waals surface area contributed by atoms with Crippen LogP contribution in [-0.2, 0) is 10.6 Å². The zero-order chi connectivity index (χ0) is 19.2. The molecule has 0 heterocycles. The maximum atomic E-state index is 12.4. The van der Waals surface area contributed by atoms with Crippen LogP contribution < -0.4 is 4.90 Å². The topological polar surface area (TPSA) is 105 Å². The van der Waals surface area contributed by atoms with Crippen LogP contribution in [0.25, 0.3) is 6.08 Å².